The molecule has 1 atom stereocenters. The summed E-state index contributed by atoms with van der Waals surface area (Å²) < 4.78 is 0. The third-order valence-corrected chi connectivity index (χ3v) is 5.78. The van der Waals surface area contributed by atoms with Crippen LogP contribution in [0.3, 0.4) is 0 Å². The lowest BCUT2D eigenvalue weighted by atomic mass is 9.80. The highest BCUT2D eigenvalue weighted by Gasteiger charge is 2.36. The number of amides is 3. The van der Waals surface area contributed by atoms with E-state index in [-0.39, 0.29) is 23.4 Å². The highest BCUT2D eigenvalue weighted by Crippen LogP contribution is 2.32. The minimum Gasteiger partial charge on any atom is -0.342 e. The van der Waals surface area contributed by atoms with E-state index >= 15 is 0 Å². The van der Waals surface area contributed by atoms with Crippen molar-refractivity contribution >= 4 is 17.6 Å². The normalized spacial score (nSPS) is 17.2. The minimum absolute atomic E-state index is 0.116. The van der Waals surface area contributed by atoms with E-state index in [4.69, 9.17) is 0 Å². The van der Waals surface area contributed by atoms with E-state index in [1.165, 1.54) is 12.8 Å². The van der Waals surface area contributed by atoms with Gasteiger partial charge in [-0.2, -0.15) is 0 Å². The van der Waals surface area contributed by atoms with Crippen molar-refractivity contribution in [3.63, 3.8) is 0 Å². The van der Waals surface area contributed by atoms with E-state index in [0.29, 0.717) is 0 Å². The van der Waals surface area contributed by atoms with Gasteiger partial charge in [0, 0.05) is 30.2 Å². The van der Waals surface area contributed by atoms with Crippen LogP contribution in [0.1, 0.15) is 65.7 Å². The van der Waals surface area contributed by atoms with Gasteiger partial charge in [0.1, 0.15) is 0 Å². The van der Waals surface area contributed by atoms with Crippen LogP contribution < -0.4 is 10.6 Å². The fourth-order valence-electron chi connectivity index (χ4n) is 3.68. The summed E-state index contributed by atoms with van der Waals surface area (Å²) in [6, 6.07) is 9.38. The summed E-state index contributed by atoms with van der Waals surface area (Å²) in [4.78, 5) is 27.2. The molecular formula is C22H35N3O2. The molecule has 0 aliphatic carbocycles. The molecule has 2 rings (SSSR count). The molecule has 0 radical (unpaired) electrons. The van der Waals surface area contributed by atoms with Crippen LogP contribution in [-0.4, -0.2) is 36.0 Å². The number of hydrogen-bond donors (Lipinski definition) is 2. The number of carbonyl (C=O) groups is 2. The van der Waals surface area contributed by atoms with Crippen molar-refractivity contribution in [2.45, 2.75) is 71.8 Å². The van der Waals surface area contributed by atoms with E-state index in [0.717, 1.165) is 50.9 Å². The second-order valence-corrected chi connectivity index (χ2v) is 7.90. The van der Waals surface area contributed by atoms with E-state index in [9.17, 15) is 9.59 Å². The molecule has 5 nitrogen and oxygen atoms in total. The zero-order valence-electron chi connectivity index (χ0n) is 17.1. The topological polar surface area (TPSA) is 61.4 Å². The molecule has 5 heteroatoms. The van der Waals surface area contributed by atoms with Crippen molar-refractivity contribution in [3.05, 3.63) is 30.3 Å². The lowest BCUT2D eigenvalue weighted by Crippen LogP contribution is -2.50. The molecule has 1 aliphatic rings. The number of carbonyl (C=O) groups excluding carboxylic acids is 2. The largest absolute Gasteiger partial charge is 0.342 e. The number of likely N-dealkylation sites (tertiary alicyclic amines) is 1. The Balaban J connectivity index is 1.79. The molecule has 0 aromatic heterocycles. The SMILES string of the molecule is CCCCC[C@](C)(CC)C(=O)N1CCC(NC(=O)Nc2ccccc2)CC1. The molecule has 1 saturated heterocycles. The first-order valence-electron chi connectivity index (χ1n) is 10.4. The van der Waals surface area contributed by atoms with Gasteiger partial charge >= 0.3 is 6.03 Å². The zero-order chi connectivity index (χ0) is 19.7. The molecule has 1 aromatic rings. The Labute approximate surface area is 163 Å². The van der Waals surface area contributed by atoms with Crippen LogP contribution in [0.15, 0.2) is 30.3 Å². The molecule has 1 heterocycles. The number of rotatable bonds is 8. The van der Waals surface area contributed by atoms with Gasteiger partial charge in [-0.15, -0.1) is 0 Å². The third kappa shape index (κ3) is 6.26. The monoisotopic (exact) mass is 373 g/mol. The number of para-hydroxylation sites is 1. The first-order chi connectivity index (χ1) is 13.0. The van der Waals surface area contributed by atoms with Crippen molar-refractivity contribution in [2.75, 3.05) is 18.4 Å². The molecular weight excluding hydrogens is 338 g/mol. The maximum atomic E-state index is 13.0. The quantitative estimate of drug-likeness (QED) is 0.643. The van der Waals surface area contributed by atoms with Crippen molar-refractivity contribution < 1.29 is 9.59 Å². The fraction of sp³-hybridized carbons (Fsp3) is 0.636. The minimum atomic E-state index is -0.250. The number of hydrogen-bond acceptors (Lipinski definition) is 2. The summed E-state index contributed by atoms with van der Waals surface area (Å²) >= 11 is 0. The second kappa shape index (κ2) is 10.3. The van der Waals surface area contributed by atoms with E-state index in [1.54, 1.807) is 0 Å². The van der Waals surface area contributed by atoms with E-state index in [2.05, 4.69) is 31.4 Å². The van der Waals surface area contributed by atoms with Crippen LogP contribution in [0, 0.1) is 5.41 Å². The first-order valence-corrected chi connectivity index (χ1v) is 10.4. The summed E-state index contributed by atoms with van der Waals surface area (Å²) in [5.41, 5.74) is 0.536. The summed E-state index contributed by atoms with van der Waals surface area (Å²) in [6.07, 6.45) is 6.94. The molecule has 0 unspecified atom stereocenters. The zero-order valence-corrected chi connectivity index (χ0v) is 17.1. The smallest absolute Gasteiger partial charge is 0.319 e. The first kappa shape index (κ1) is 21.3. The molecule has 27 heavy (non-hydrogen) atoms. The van der Waals surface area contributed by atoms with Crippen LogP contribution in [0.25, 0.3) is 0 Å². The lowest BCUT2D eigenvalue weighted by Gasteiger charge is -2.38. The molecule has 1 fully saturated rings. The highest BCUT2D eigenvalue weighted by molar-refractivity contribution is 5.89. The maximum absolute atomic E-state index is 13.0. The molecule has 0 spiro atoms. The number of benzene rings is 1. The van der Waals surface area contributed by atoms with Crippen molar-refractivity contribution in [1.29, 1.82) is 0 Å². The Morgan fingerprint density at radius 2 is 1.78 bits per heavy atom. The van der Waals surface area contributed by atoms with Crippen molar-refractivity contribution in [2.24, 2.45) is 5.41 Å². The van der Waals surface area contributed by atoms with Gasteiger partial charge in [0.2, 0.25) is 5.91 Å². The van der Waals surface area contributed by atoms with Gasteiger partial charge in [-0.1, -0.05) is 58.2 Å². The Bertz CT molecular complexity index is 597. The standard InChI is InChI=1S/C22H35N3O2/c1-4-6-10-15-22(3,5-2)20(26)25-16-13-19(14-17-25)24-21(27)23-18-11-8-7-9-12-18/h7-9,11-12,19H,4-6,10,13-17H2,1-3H3,(H2,23,24,27)/t22-/m0/s1. The van der Waals surface area contributed by atoms with Gasteiger partial charge in [0.05, 0.1) is 0 Å². The fourth-order valence-corrected chi connectivity index (χ4v) is 3.68. The molecule has 3 amide bonds. The number of urea groups is 1. The van der Waals surface area contributed by atoms with Gasteiger partial charge < -0.3 is 15.5 Å². The van der Waals surface area contributed by atoms with Crippen molar-refractivity contribution in [3.8, 4) is 0 Å². The van der Waals surface area contributed by atoms with Gasteiger partial charge in [-0.05, 0) is 37.8 Å². The number of anilines is 1. The van der Waals surface area contributed by atoms with Crippen LogP contribution in [0.2, 0.25) is 0 Å². The number of unbranched alkanes of at least 4 members (excludes halogenated alkanes) is 2. The third-order valence-electron chi connectivity index (χ3n) is 5.78. The molecule has 150 valence electrons. The van der Waals surface area contributed by atoms with Crippen LogP contribution in [-0.2, 0) is 4.79 Å². The van der Waals surface area contributed by atoms with Crippen LogP contribution in [0.5, 0.6) is 0 Å². The van der Waals surface area contributed by atoms with Crippen LogP contribution >= 0.6 is 0 Å². The van der Waals surface area contributed by atoms with E-state index in [1.807, 2.05) is 35.2 Å². The average Bonchev–Trinajstić information content (AvgIpc) is 2.68. The predicted octanol–water partition coefficient (Wildman–Crippen LogP) is 4.80. The highest BCUT2D eigenvalue weighted by atomic mass is 16.2. The Morgan fingerprint density at radius 1 is 1.11 bits per heavy atom. The summed E-state index contributed by atoms with van der Waals surface area (Å²) in [5, 5.41) is 5.89. The maximum Gasteiger partial charge on any atom is 0.319 e. The summed E-state index contributed by atoms with van der Waals surface area (Å²) in [7, 11) is 0. The van der Waals surface area contributed by atoms with E-state index < -0.39 is 0 Å². The van der Waals surface area contributed by atoms with Gasteiger partial charge in [-0.3, -0.25) is 4.79 Å². The molecule has 1 aromatic carbocycles. The Hall–Kier alpha value is -2.04. The number of nitrogens with one attached hydrogen (secondary N) is 2. The van der Waals surface area contributed by atoms with Crippen LogP contribution in [0.4, 0.5) is 10.5 Å². The molecule has 0 bridgehead atoms. The lowest BCUT2D eigenvalue weighted by molar-refractivity contribution is -0.143. The summed E-state index contributed by atoms with van der Waals surface area (Å²) in [5.74, 6) is 0.285. The molecule has 2 N–H and O–H groups in total. The van der Waals surface area contributed by atoms with Gasteiger partial charge in [0.15, 0.2) is 0 Å². The number of nitrogens with zero attached hydrogens (tertiary/aromatic N) is 1. The average molecular weight is 374 g/mol. The molecule has 0 saturated carbocycles. The number of piperidine rings is 1. The van der Waals surface area contributed by atoms with Gasteiger partial charge in [-0.25, -0.2) is 4.79 Å². The Kier molecular flexibility index (Phi) is 8.14. The van der Waals surface area contributed by atoms with Gasteiger partial charge in [0.25, 0.3) is 0 Å². The predicted molar refractivity (Wildman–Crippen MR) is 111 cm³/mol. The van der Waals surface area contributed by atoms with Crippen molar-refractivity contribution in [1.82, 2.24) is 10.2 Å². The second-order valence-electron chi connectivity index (χ2n) is 7.90. The Morgan fingerprint density at radius 3 is 2.37 bits per heavy atom. The molecule has 1 aliphatic heterocycles. The summed E-state index contributed by atoms with van der Waals surface area (Å²) in [6.45, 7) is 7.86.